The molecule has 0 aromatic carbocycles. The number of hydrogen-bond acceptors (Lipinski definition) is 3. The average Bonchev–Trinajstić information content (AvgIpc) is 2.93. The molecule has 3 rings (SSSR count). The zero-order chi connectivity index (χ0) is 11.8. The zero-order valence-electron chi connectivity index (χ0n) is 11.0. The molecule has 0 aromatic rings. The molecule has 0 spiro atoms. The van der Waals surface area contributed by atoms with E-state index < -0.39 is 0 Å². The summed E-state index contributed by atoms with van der Waals surface area (Å²) in [6.07, 6.45) is 5.63. The number of rotatable bonds is 3. The molecule has 5 unspecified atom stereocenters. The van der Waals surface area contributed by atoms with Crippen molar-refractivity contribution < 1.29 is 0 Å². The molecule has 0 aromatic heterocycles. The Bertz CT molecular complexity index is 269. The molecule has 2 aliphatic carbocycles. The molecule has 3 fully saturated rings. The highest BCUT2D eigenvalue weighted by Crippen LogP contribution is 2.47. The van der Waals surface area contributed by atoms with Gasteiger partial charge in [0.1, 0.15) is 0 Å². The summed E-state index contributed by atoms with van der Waals surface area (Å²) in [5.41, 5.74) is 6.42. The van der Waals surface area contributed by atoms with Crippen molar-refractivity contribution >= 4 is 11.8 Å². The minimum atomic E-state index is 0.517. The van der Waals surface area contributed by atoms with E-state index in [1.165, 1.54) is 51.1 Å². The summed E-state index contributed by atoms with van der Waals surface area (Å²) < 4.78 is 0. The second kappa shape index (κ2) is 5.10. The molecule has 1 aliphatic heterocycles. The fourth-order valence-corrected chi connectivity index (χ4v) is 5.47. The van der Waals surface area contributed by atoms with Crippen LogP contribution < -0.4 is 5.73 Å². The summed E-state index contributed by atoms with van der Waals surface area (Å²) in [4.78, 5) is 2.70. The third kappa shape index (κ3) is 2.39. The van der Waals surface area contributed by atoms with E-state index in [1.54, 1.807) is 0 Å². The van der Waals surface area contributed by atoms with Crippen molar-refractivity contribution in [2.45, 2.75) is 43.9 Å². The van der Waals surface area contributed by atoms with Crippen LogP contribution in [0.1, 0.15) is 32.6 Å². The molecule has 5 atom stereocenters. The molecule has 2 nitrogen and oxygen atoms in total. The molecule has 1 heterocycles. The zero-order valence-corrected chi connectivity index (χ0v) is 11.8. The number of fused-ring (bicyclic) bond motifs is 2. The quantitative estimate of drug-likeness (QED) is 0.837. The van der Waals surface area contributed by atoms with Crippen molar-refractivity contribution in [3.8, 4) is 0 Å². The van der Waals surface area contributed by atoms with Crippen LogP contribution in [0.5, 0.6) is 0 Å². The van der Waals surface area contributed by atoms with E-state index in [-0.39, 0.29) is 0 Å². The summed E-state index contributed by atoms with van der Waals surface area (Å²) in [6.45, 7) is 6.22. The van der Waals surface area contributed by atoms with Crippen LogP contribution >= 0.6 is 11.8 Å². The van der Waals surface area contributed by atoms with Gasteiger partial charge in [-0.25, -0.2) is 0 Å². The van der Waals surface area contributed by atoms with Crippen molar-refractivity contribution in [1.29, 1.82) is 0 Å². The van der Waals surface area contributed by atoms with Crippen molar-refractivity contribution in [1.82, 2.24) is 4.90 Å². The first-order chi connectivity index (χ1) is 8.28. The lowest BCUT2D eigenvalue weighted by Gasteiger charge is -2.37. The second-order valence-electron chi connectivity index (χ2n) is 6.24. The van der Waals surface area contributed by atoms with E-state index in [9.17, 15) is 0 Å². The van der Waals surface area contributed by atoms with Gasteiger partial charge < -0.3 is 10.6 Å². The summed E-state index contributed by atoms with van der Waals surface area (Å²) >= 11 is 2.17. The number of nitrogens with zero attached hydrogens (tertiary/aromatic N) is 1. The number of hydrogen-bond donors (Lipinski definition) is 1. The molecule has 3 aliphatic rings. The van der Waals surface area contributed by atoms with Gasteiger partial charge in [0, 0.05) is 36.7 Å². The number of nitrogens with two attached hydrogens (primary N) is 1. The van der Waals surface area contributed by atoms with Crippen LogP contribution in [0.15, 0.2) is 0 Å². The highest BCUT2D eigenvalue weighted by molar-refractivity contribution is 8.00. The average molecular weight is 254 g/mol. The van der Waals surface area contributed by atoms with Crippen LogP contribution in [0.25, 0.3) is 0 Å². The minimum absolute atomic E-state index is 0.517. The van der Waals surface area contributed by atoms with Crippen molar-refractivity contribution in [2.24, 2.45) is 23.5 Å². The highest BCUT2D eigenvalue weighted by Gasteiger charge is 2.46. The smallest absolute Gasteiger partial charge is 0.0172 e. The topological polar surface area (TPSA) is 29.3 Å². The fraction of sp³-hybridized carbons (Fsp3) is 1.00. The van der Waals surface area contributed by atoms with Gasteiger partial charge in [-0.2, -0.15) is 11.8 Å². The van der Waals surface area contributed by atoms with E-state index >= 15 is 0 Å². The van der Waals surface area contributed by atoms with E-state index in [2.05, 4.69) is 23.6 Å². The van der Waals surface area contributed by atoms with Crippen molar-refractivity contribution in [2.75, 3.05) is 25.4 Å². The Labute approximate surface area is 110 Å². The Balaban J connectivity index is 1.56. The highest BCUT2D eigenvalue weighted by atomic mass is 32.2. The van der Waals surface area contributed by atoms with Crippen LogP contribution in [-0.2, 0) is 0 Å². The van der Waals surface area contributed by atoms with Crippen LogP contribution in [-0.4, -0.2) is 41.6 Å². The molecule has 3 heteroatoms. The van der Waals surface area contributed by atoms with Gasteiger partial charge in [0.2, 0.25) is 0 Å². The summed E-state index contributed by atoms with van der Waals surface area (Å²) in [5.74, 6) is 3.97. The Morgan fingerprint density at radius 1 is 1.29 bits per heavy atom. The van der Waals surface area contributed by atoms with Gasteiger partial charge in [0.15, 0.2) is 0 Å². The largest absolute Gasteiger partial charge is 0.327 e. The summed E-state index contributed by atoms with van der Waals surface area (Å²) in [7, 11) is 0. The predicted molar refractivity (Wildman–Crippen MR) is 75.3 cm³/mol. The second-order valence-corrected chi connectivity index (χ2v) is 7.64. The molecular weight excluding hydrogens is 228 g/mol. The van der Waals surface area contributed by atoms with Crippen LogP contribution in [0.4, 0.5) is 0 Å². The van der Waals surface area contributed by atoms with Crippen molar-refractivity contribution in [3.63, 3.8) is 0 Å². The first-order valence-electron chi connectivity index (χ1n) is 7.37. The normalized spacial score (nSPS) is 46.6. The van der Waals surface area contributed by atoms with Gasteiger partial charge >= 0.3 is 0 Å². The molecule has 17 heavy (non-hydrogen) atoms. The lowest BCUT2D eigenvalue weighted by molar-refractivity contribution is 0.177. The molecule has 98 valence electrons. The maximum atomic E-state index is 6.42. The fourth-order valence-electron chi connectivity index (χ4n) is 4.22. The SMILES string of the molecule is CCC1CN(CC2C3CCC(C3)C2N)CCS1. The van der Waals surface area contributed by atoms with E-state index in [1.807, 2.05) is 0 Å². The van der Waals surface area contributed by atoms with Gasteiger partial charge in [0.05, 0.1) is 0 Å². The molecule has 0 radical (unpaired) electrons. The predicted octanol–water partition coefficient (Wildman–Crippen LogP) is 2.19. The van der Waals surface area contributed by atoms with Gasteiger partial charge in [0.25, 0.3) is 0 Å². The maximum absolute atomic E-state index is 6.42. The van der Waals surface area contributed by atoms with E-state index in [4.69, 9.17) is 5.73 Å². The molecular formula is C14H26N2S. The Morgan fingerprint density at radius 3 is 2.82 bits per heavy atom. The Kier molecular flexibility index (Phi) is 3.69. The summed E-state index contributed by atoms with van der Waals surface area (Å²) in [6, 6.07) is 0.517. The van der Waals surface area contributed by atoms with Crippen LogP contribution in [0.3, 0.4) is 0 Å². The molecule has 0 amide bonds. The molecule has 1 saturated heterocycles. The molecule has 2 saturated carbocycles. The first-order valence-corrected chi connectivity index (χ1v) is 8.42. The van der Waals surface area contributed by atoms with E-state index in [0.717, 1.165) is 23.0 Å². The van der Waals surface area contributed by atoms with E-state index in [0.29, 0.717) is 6.04 Å². The first kappa shape index (κ1) is 12.3. The molecule has 2 N–H and O–H groups in total. The third-order valence-corrected chi connectivity index (χ3v) is 6.68. The monoisotopic (exact) mass is 254 g/mol. The number of thioether (sulfide) groups is 1. The Hall–Kier alpha value is 0.270. The molecule has 2 bridgehead atoms. The Morgan fingerprint density at radius 2 is 2.12 bits per heavy atom. The van der Waals surface area contributed by atoms with Crippen LogP contribution in [0.2, 0.25) is 0 Å². The van der Waals surface area contributed by atoms with Gasteiger partial charge in [-0.15, -0.1) is 0 Å². The maximum Gasteiger partial charge on any atom is 0.0172 e. The minimum Gasteiger partial charge on any atom is -0.327 e. The van der Waals surface area contributed by atoms with Gasteiger partial charge in [-0.3, -0.25) is 0 Å². The van der Waals surface area contributed by atoms with Gasteiger partial charge in [-0.05, 0) is 43.4 Å². The lowest BCUT2D eigenvalue weighted by Crippen LogP contribution is -2.46. The summed E-state index contributed by atoms with van der Waals surface area (Å²) in [5, 5.41) is 0.874. The van der Waals surface area contributed by atoms with Crippen LogP contribution in [0, 0.1) is 17.8 Å². The van der Waals surface area contributed by atoms with Gasteiger partial charge in [-0.1, -0.05) is 6.92 Å². The van der Waals surface area contributed by atoms with Crippen molar-refractivity contribution in [3.05, 3.63) is 0 Å². The lowest BCUT2D eigenvalue weighted by atomic mass is 9.84. The third-order valence-electron chi connectivity index (χ3n) is 5.31. The standard InChI is InChI=1S/C14H26N2S/c1-2-12-8-16(5-6-17-12)9-13-10-3-4-11(7-10)14(13)15/h10-14H,2-9,15H2,1H3.